The van der Waals surface area contributed by atoms with Crippen molar-refractivity contribution >= 4 is 29.1 Å². The van der Waals surface area contributed by atoms with Crippen LogP contribution in [-0.4, -0.2) is 17.7 Å². The Labute approximate surface area is 175 Å². The molecule has 3 aromatic rings. The van der Waals surface area contributed by atoms with Crippen LogP contribution in [0.4, 0.5) is 11.4 Å². The summed E-state index contributed by atoms with van der Waals surface area (Å²) in [5.74, 6) is -0.795. The largest absolute Gasteiger partial charge is 0.326 e. The van der Waals surface area contributed by atoms with Gasteiger partial charge in [-0.25, -0.2) is 4.90 Å². The molecule has 0 fully saturated rings. The number of benzene rings is 3. The number of fused-ring (bicyclic) bond motifs is 1. The van der Waals surface area contributed by atoms with Crippen molar-refractivity contribution < 1.29 is 14.4 Å². The summed E-state index contributed by atoms with van der Waals surface area (Å²) in [6, 6.07) is 21.9. The second kappa shape index (κ2) is 8.33. The van der Waals surface area contributed by atoms with Crippen LogP contribution in [-0.2, 0) is 11.2 Å². The minimum atomic E-state index is -0.350. The van der Waals surface area contributed by atoms with Crippen molar-refractivity contribution in [2.45, 2.75) is 26.2 Å². The predicted octanol–water partition coefficient (Wildman–Crippen LogP) is 4.76. The molecule has 3 aromatic carbocycles. The standard InChI is InChI=1S/C25H22N2O3/c1-17-12-14-18(15-13-17)6-4-11-23(28)26-19-7-5-8-20(16-19)27-24(29)21-9-2-3-10-22(21)25(27)30/h2-3,5,7-10,12-16H,4,6,11H2,1H3,(H,26,28). The van der Waals surface area contributed by atoms with Gasteiger partial charge in [-0.15, -0.1) is 0 Å². The van der Waals surface area contributed by atoms with E-state index in [2.05, 4.69) is 29.6 Å². The number of hydrogen-bond acceptors (Lipinski definition) is 3. The molecule has 150 valence electrons. The topological polar surface area (TPSA) is 66.5 Å². The molecule has 1 aliphatic rings. The SMILES string of the molecule is Cc1ccc(CCCC(=O)Nc2cccc(N3C(=O)c4ccccc4C3=O)c2)cc1. The average molecular weight is 398 g/mol. The minimum absolute atomic E-state index is 0.0957. The number of carbonyl (C=O) groups excluding carboxylic acids is 3. The van der Waals surface area contributed by atoms with Crippen LogP contribution in [0, 0.1) is 6.92 Å². The maximum absolute atomic E-state index is 12.7. The van der Waals surface area contributed by atoms with Gasteiger partial charge in [0.1, 0.15) is 0 Å². The van der Waals surface area contributed by atoms with Crippen molar-refractivity contribution in [2.24, 2.45) is 0 Å². The highest BCUT2D eigenvalue weighted by atomic mass is 16.2. The summed E-state index contributed by atoms with van der Waals surface area (Å²) >= 11 is 0. The van der Waals surface area contributed by atoms with E-state index in [4.69, 9.17) is 0 Å². The van der Waals surface area contributed by atoms with Gasteiger partial charge in [-0.05, 0) is 55.7 Å². The van der Waals surface area contributed by atoms with Gasteiger partial charge < -0.3 is 5.32 Å². The highest BCUT2D eigenvalue weighted by Crippen LogP contribution is 2.29. The van der Waals surface area contributed by atoms with Crippen molar-refractivity contribution in [3.05, 3.63) is 95.1 Å². The highest BCUT2D eigenvalue weighted by Gasteiger charge is 2.36. The molecule has 5 heteroatoms. The van der Waals surface area contributed by atoms with Crippen molar-refractivity contribution in [1.82, 2.24) is 0 Å². The number of hydrogen-bond donors (Lipinski definition) is 1. The molecule has 1 heterocycles. The Kier molecular flexibility index (Phi) is 5.44. The van der Waals surface area contributed by atoms with E-state index in [1.807, 2.05) is 6.92 Å². The van der Waals surface area contributed by atoms with E-state index in [0.29, 0.717) is 28.9 Å². The first-order chi connectivity index (χ1) is 14.5. The highest BCUT2D eigenvalue weighted by molar-refractivity contribution is 6.34. The summed E-state index contributed by atoms with van der Waals surface area (Å²) < 4.78 is 0. The monoisotopic (exact) mass is 398 g/mol. The molecular weight excluding hydrogens is 376 g/mol. The molecule has 0 unspecified atom stereocenters. The second-order valence-electron chi connectivity index (χ2n) is 7.43. The van der Waals surface area contributed by atoms with Crippen molar-refractivity contribution in [1.29, 1.82) is 0 Å². The van der Waals surface area contributed by atoms with E-state index in [1.54, 1.807) is 48.5 Å². The number of carbonyl (C=O) groups is 3. The van der Waals surface area contributed by atoms with Gasteiger partial charge in [0.25, 0.3) is 11.8 Å². The second-order valence-corrected chi connectivity index (χ2v) is 7.43. The van der Waals surface area contributed by atoms with Crippen molar-refractivity contribution in [3.8, 4) is 0 Å². The molecule has 0 saturated heterocycles. The Hall–Kier alpha value is -3.73. The Morgan fingerprint density at radius 2 is 1.53 bits per heavy atom. The number of anilines is 2. The summed E-state index contributed by atoms with van der Waals surface area (Å²) in [4.78, 5) is 38.8. The average Bonchev–Trinajstić information content (AvgIpc) is 3.00. The lowest BCUT2D eigenvalue weighted by molar-refractivity contribution is -0.116. The van der Waals surface area contributed by atoms with Crippen LogP contribution in [0.15, 0.2) is 72.8 Å². The van der Waals surface area contributed by atoms with Gasteiger partial charge in [0.2, 0.25) is 5.91 Å². The van der Waals surface area contributed by atoms with Crippen LogP contribution in [0.3, 0.4) is 0 Å². The van der Waals surface area contributed by atoms with Gasteiger partial charge in [0, 0.05) is 12.1 Å². The summed E-state index contributed by atoms with van der Waals surface area (Å²) in [6.45, 7) is 2.05. The molecule has 0 bridgehead atoms. The third-order valence-corrected chi connectivity index (χ3v) is 5.17. The predicted molar refractivity (Wildman–Crippen MR) is 117 cm³/mol. The van der Waals surface area contributed by atoms with Crippen LogP contribution in [0.25, 0.3) is 0 Å². The lowest BCUT2D eigenvalue weighted by Gasteiger charge is -2.15. The quantitative estimate of drug-likeness (QED) is 0.609. The fourth-order valence-electron chi connectivity index (χ4n) is 3.58. The smallest absolute Gasteiger partial charge is 0.266 e. The first-order valence-corrected chi connectivity index (χ1v) is 9.96. The van der Waals surface area contributed by atoms with Gasteiger partial charge in [0.05, 0.1) is 16.8 Å². The molecule has 0 atom stereocenters. The summed E-state index contributed by atoms with van der Waals surface area (Å²) in [7, 11) is 0. The zero-order chi connectivity index (χ0) is 21.1. The zero-order valence-electron chi connectivity index (χ0n) is 16.7. The van der Waals surface area contributed by atoms with Gasteiger partial charge in [0.15, 0.2) is 0 Å². The Morgan fingerprint density at radius 3 is 2.20 bits per heavy atom. The van der Waals surface area contributed by atoms with Crippen LogP contribution < -0.4 is 10.2 Å². The summed E-state index contributed by atoms with van der Waals surface area (Å²) in [6.07, 6.45) is 1.97. The van der Waals surface area contributed by atoms with Gasteiger partial charge in [-0.3, -0.25) is 14.4 Å². The first-order valence-electron chi connectivity index (χ1n) is 9.96. The zero-order valence-corrected chi connectivity index (χ0v) is 16.7. The van der Waals surface area contributed by atoms with Gasteiger partial charge >= 0.3 is 0 Å². The molecule has 4 rings (SSSR count). The number of aryl methyl sites for hydroxylation is 2. The summed E-state index contributed by atoms with van der Waals surface area (Å²) in [5.41, 5.74) is 4.22. The van der Waals surface area contributed by atoms with E-state index in [9.17, 15) is 14.4 Å². The van der Waals surface area contributed by atoms with E-state index >= 15 is 0 Å². The molecule has 1 aliphatic heterocycles. The number of amides is 3. The number of rotatable bonds is 6. The van der Waals surface area contributed by atoms with Crippen LogP contribution in [0.1, 0.15) is 44.7 Å². The van der Waals surface area contributed by atoms with Gasteiger partial charge in [-0.2, -0.15) is 0 Å². The molecule has 0 spiro atoms. The van der Waals surface area contributed by atoms with E-state index in [-0.39, 0.29) is 17.7 Å². The van der Waals surface area contributed by atoms with E-state index in [1.165, 1.54) is 11.1 Å². The normalized spacial score (nSPS) is 12.8. The maximum Gasteiger partial charge on any atom is 0.266 e. The molecule has 0 aromatic heterocycles. The fraction of sp³-hybridized carbons (Fsp3) is 0.160. The first kappa shape index (κ1) is 19.6. The number of nitrogens with one attached hydrogen (secondary N) is 1. The molecule has 1 N–H and O–H groups in total. The molecule has 3 amide bonds. The molecular formula is C25H22N2O3. The molecule has 30 heavy (non-hydrogen) atoms. The minimum Gasteiger partial charge on any atom is -0.326 e. The van der Waals surface area contributed by atoms with Crippen LogP contribution in [0.2, 0.25) is 0 Å². The maximum atomic E-state index is 12.7. The molecule has 0 radical (unpaired) electrons. The fourth-order valence-corrected chi connectivity index (χ4v) is 3.58. The molecule has 0 saturated carbocycles. The van der Waals surface area contributed by atoms with Crippen LogP contribution >= 0.6 is 0 Å². The lowest BCUT2D eigenvalue weighted by atomic mass is 10.1. The van der Waals surface area contributed by atoms with Gasteiger partial charge in [-0.1, -0.05) is 48.0 Å². The third-order valence-electron chi connectivity index (χ3n) is 5.17. The Morgan fingerprint density at radius 1 is 0.867 bits per heavy atom. The lowest BCUT2D eigenvalue weighted by Crippen LogP contribution is -2.29. The van der Waals surface area contributed by atoms with E-state index in [0.717, 1.165) is 17.7 Å². The number of nitrogens with zero attached hydrogens (tertiary/aromatic N) is 1. The third kappa shape index (κ3) is 4.01. The molecule has 0 aliphatic carbocycles. The summed E-state index contributed by atoms with van der Waals surface area (Å²) in [5, 5.41) is 2.86. The number of imide groups is 1. The van der Waals surface area contributed by atoms with Crippen molar-refractivity contribution in [2.75, 3.05) is 10.2 Å². The Balaban J connectivity index is 1.39. The molecule has 5 nitrogen and oxygen atoms in total. The van der Waals surface area contributed by atoms with Crippen molar-refractivity contribution in [3.63, 3.8) is 0 Å². The van der Waals surface area contributed by atoms with E-state index < -0.39 is 0 Å². The van der Waals surface area contributed by atoms with Crippen LogP contribution in [0.5, 0.6) is 0 Å². The Bertz CT molecular complexity index is 1080.